The first-order valence-corrected chi connectivity index (χ1v) is 12.5. The van der Waals surface area contributed by atoms with Crippen LogP contribution in [0, 0.1) is 0 Å². The van der Waals surface area contributed by atoms with E-state index in [0.29, 0.717) is 0 Å². The maximum absolute atomic E-state index is 13.9. The standard InChI is InChI=1S/C27H34N4O3.2CH2O2/c1-28(2)13-11-19-17-30(25-9-7-21(33-5)15-23(19)25)27(32)31-18-20(12-14-29(3)4)24-16-22(34-6)8-10-26(24)31;2*2-1-3/h7-10,15-18H,11-14H2,1-6H3;2*1H,(H,2,3). The number of benzene rings is 2. The molecule has 2 N–H and O–H groups in total. The first-order valence-electron chi connectivity index (χ1n) is 12.5. The Morgan fingerprint density at radius 2 is 1.10 bits per heavy atom. The van der Waals surface area contributed by atoms with Crippen LogP contribution in [0.2, 0.25) is 0 Å². The monoisotopic (exact) mass is 554 g/mol. The summed E-state index contributed by atoms with van der Waals surface area (Å²) in [6, 6.07) is 11.7. The fraction of sp³-hybridized carbons (Fsp3) is 0.345. The van der Waals surface area contributed by atoms with E-state index in [9.17, 15) is 4.79 Å². The molecular weight excluding hydrogens is 516 g/mol. The van der Waals surface area contributed by atoms with Gasteiger partial charge in [0.25, 0.3) is 12.9 Å². The topological polar surface area (TPSA) is 126 Å². The first-order chi connectivity index (χ1) is 19.1. The number of carboxylic acid groups (broad SMARTS) is 2. The Bertz CT molecular complexity index is 1320. The quantitative estimate of drug-likeness (QED) is 0.313. The Kier molecular flexibility index (Phi) is 12.2. The molecule has 0 radical (unpaired) electrons. The van der Waals surface area contributed by atoms with Gasteiger partial charge in [0.1, 0.15) is 11.5 Å². The minimum atomic E-state index is -0.250. The molecule has 0 saturated heterocycles. The van der Waals surface area contributed by atoms with Gasteiger partial charge in [-0.05, 0) is 88.6 Å². The second-order valence-corrected chi connectivity index (χ2v) is 9.41. The van der Waals surface area contributed by atoms with E-state index in [4.69, 9.17) is 29.3 Å². The fourth-order valence-electron chi connectivity index (χ4n) is 4.33. The summed E-state index contributed by atoms with van der Waals surface area (Å²) >= 11 is 0. The van der Waals surface area contributed by atoms with Gasteiger partial charge in [0, 0.05) is 36.3 Å². The van der Waals surface area contributed by atoms with Crippen molar-refractivity contribution in [2.75, 3.05) is 55.5 Å². The van der Waals surface area contributed by atoms with Crippen LogP contribution >= 0.6 is 0 Å². The second-order valence-electron chi connectivity index (χ2n) is 9.41. The summed E-state index contributed by atoms with van der Waals surface area (Å²) in [5.74, 6) is 1.57. The number of hydrogen-bond acceptors (Lipinski definition) is 7. The van der Waals surface area contributed by atoms with Gasteiger partial charge in [-0.1, -0.05) is 0 Å². The molecule has 0 fully saturated rings. The number of hydrogen-bond donors (Lipinski definition) is 2. The van der Waals surface area contributed by atoms with E-state index < -0.39 is 0 Å². The lowest BCUT2D eigenvalue weighted by atomic mass is 10.1. The summed E-state index contributed by atoms with van der Waals surface area (Å²) in [5, 5.41) is 15.9. The Labute approximate surface area is 233 Å². The second kappa shape index (κ2) is 15.3. The molecule has 0 saturated carbocycles. The highest BCUT2D eigenvalue weighted by molar-refractivity contribution is 6.00. The molecule has 4 rings (SSSR count). The molecule has 2 aromatic heterocycles. The number of nitrogens with zero attached hydrogens (tertiary/aromatic N) is 4. The van der Waals surface area contributed by atoms with Gasteiger partial charge in [-0.2, -0.15) is 0 Å². The van der Waals surface area contributed by atoms with E-state index in [2.05, 4.69) is 38.0 Å². The van der Waals surface area contributed by atoms with Gasteiger partial charge < -0.3 is 29.5 Å². The number of likely N-dealkylation sites (N-methyl/N-ethyl adjacent to an activating group) is 2. The molecule has 0 atom stereocenters. The lowest BCUT2D eigenvalue weighted by Gasteiger charge is -2.08. The highest BCUT2D eigenvalue weighted by Gasteiger charge is 2.20. The molecule has 0 aliphatic carbocycles. The molecule has 0 aliphatic rings. The molecule has 2 heterocycles. The summed E-state index contributed by atoms with van der Waals surface area (Å²) in [7, 11) is 11.6. The van der Waals surface area contributed by atoms with Crippen molar-refractivity contribution >= 4 is 40.8 Å². The lowest BCUT2D eigenvalue weighted by molar-refractivity contribution is -0.123. The van der Waals surface area contributed by atoms with E-state index in [0.717, 1.165) is 70.4 Å². The molecule has 2 aromatic carbocycles. The van der Waals surface area contributed by atoms with Gasteiger partial charge in [0.05, 0.1) is 25.3 Å². The summed E-state index contributed by atoms with van der Waals surface area (Å²) in [4.78, 5) is 34.9. The average molecular weight is 555 g/mol. The molecule has 0 aliphatic heterocycles. The van der Waals surface area contributed by atoms with E-state index in [1.54, 1.807) is 23.4 Å². The normalized spacial score (nSPS) is 10.6. The van der Waals surface area contributed by atoms with Gasteiger partial charge in [0.2, 0.25) is 0 Å². The third-order valence-electron chi connectivity index (χ3n) is 6.26. The van der Waals surface area contributed by atoms with Crippen LogP contribution < -0.4 is 9.47 Å². The van der Waals surface area contributed by atoms with Gasteiger partial charge in [-0.25, -0.2) is 4.79 Å². The average Bonchev–Trinajstić information content (AvgIpc) is 3.48. The number of methoxy groups -OCH3 is 2. The lowest BCUT2D eigenvalue weighted by Crippen LogP contribution is -2.18. The predicted molar refractivity (Wildman–Crippen MR) is 155 cm³/mol. The van der Waals surface area contributed by atoms with E-state index in [1.165, 1.54) is 0 Å². The number of fused-ring (bicyclic) bond motifs is 2. The van der Waals surface area contributed by atoms with Crippen molar-refractivity contribution in [3.63, 3.8) is 0 Å². The Balaban J connectivity index is 0.000000858. The number of aromatic nitrogens is 2. The number of ether oxygens (including phenoxy) is 2. The zero-order chi connectivity index (χ0) is 29.8. The molecule has 0 unspecified atom stereocenters. The van der Waals surface area contributed by atoms with Crippen molar-refractivity contribution in [1.29, 1.82) is 0 Å². The fourth-order valence-corrected chi connectivity index (χ4v) is 4.33. The largest absolute Gasteiger partial charge is 0.497 e. The van der Waals surface area contributed by atoms with Crippen LogP contribution in [0.25, 0.3) is 21.8 Å². The smallest absolute Gasteiger partial charge is 0.337 e. The van der Waals surface area contributed by atoms with Crippen molar-refractivity contribution in [3.8, 4) is 11.5 Å². The summed E-state index contributed by atoms with van der Waals surface area (Å²) < 4.78 is 14.4. The first kappa shape index (κ1) is 31.9. The van der Waals surface area contributed by atoms with E-state index in [-0.39, 0.29) is 19.0 Å². The third kappa shape index (κ3) is 7.84. The molecule has 40 heavy (non-hydrogen) atoms. The minimum absolute atomic E-state index is 0.0995. The van der Waals surface area contributed by atoms with Gasteiger partial charge in [0.15, 0.2) is 0 Å². The predicted octanol–water partition coefficient (Wildman–Crippen LogP) is 3.74. The van der Waals surface area contributed by atoms with Crippen LogP contribution in [0.1, 0.15) is 11.1 Å². The van der Waals surface area contributed by atoms with Crippen molar-refractivity contribution < 1.29 is 34.1 Å². The van der Waals surface area contributed by atoms with E-state index >= 15 is 0 Å². The van der Waals surface area contributed by atoms with Crippen molar-refractivity contribution in [2.24, 2.45) is 0 Å². The summed E-state index contributed by atoms with van der Waals surface area (Å²) in [5.41, 5.74) is 4.01. The maximum Gasteiger partial charge on any atom is 0.337 e. The van der Waals surface area contributed by atoms with Gasteiger partial charge >= 0.3 is 6.03 Å². The van der Waals surface area contributed by atoms with Crippen molar-refractivity contribution in [2.45, 2.75) is 12.8 Å². The van der Waals surface area contributed by atoms with Gasteiger partial charge in [-0.15, -0.1) is 0 Å². The molecule has 0 spiro atoms. The SMILES string of the molecule is COc1ccc2c(c1)c(CCN(C)C)cn2C(=O)n1cc(CCN(C)C)c2cc(OC)ccc21.O=CO.O=CO. The zero-order valence-electron chi connectivity index (χ0n) is 23.8. The molecule has 11 nitrogen and oxygen atoms in total. The van der Waals surface area contributed by atoms with Crippen molar-refractivity contribution in [1.82, 2.24) is 18.9 Å². The Morgan fingerprint density at radius 1 is 0.750 bits per heavy atom. The van der Waals surface area contributed by atoms with E-state index in [1.807, 2.05) is 48.8 Å². The highest BCUT2D eigenvalue weighted by Crippen LogP contribution is 2.30. The molecule has 0 bridgehead atoms. The van der Waals surface area contributed by atoms with Crippen molar-refractivity contribution in [3.05, 3.63) is 59.9 Å². The minimum Gasteiger partial charge on any atom is -0.497 e. The number of carbonyl (C=O) groups is 3. The number of rotatable bonds is 8. The zero-order valence-corrected chi connectivity index (χ0v) is 23.8. The third-order valence-corrected chi connectivity index (χ3v) is 6.26. The van der Waals surface area contributed by atoms with Crippen LogP contribution in [0.4, 0.5) is 4.79 Å². The Hall–Kier alpha value is -4.35. The van der Waals surface area contributed by atoms with Gasteiger partial charge in [-0.3, -0.25) is 18.7 Å². The molecular formula is C29H38N4O7. The Morgan fingerprint density at radius 3 is 1.40 bits per heavy atom. The van der Waals surface area contributed by atoms with Crippen LogP contribution in [-0.2, 0) is 22.4 Å². The van der Waals surface area contributed by atoms with Crippen LogP contribution in [-0.4, -0.2) is 104 Å². The molecule has 11 heteroatoms. The molecule has 216 valence electrons. The maximum atomic E-state index is 13.9. The summed E-state index contributed by atoms with van der Waals surface area (Å²) in [6.07, 6.45) is 5.64. The van der Waals surface area contributed by atoms with Crippen LogP contribution in [0.3, 0.4) is 0 Å². The molecule has 4 aromatic rings. The summed E-state index contributed by atoms with van der Waals surface area (Å²) in [6.45, 7) is 1.29. The van der Waals surface area contributed by atoms with Crippen LogP contribution in [0.15, 0.2) is 48.8 Å². The molecule has 0 amide bonds. The van der Waals surface area contributed by atoms with Crippen LogP contribution in [0.5, 0.6) is 11.5 Å². The highest BCUT2D eigenvalue weighted by atomic mass is 16.5. The number of carbonyl (C=O) groups excluding carboxylic acids is 1.